The van der Waals surface area contributed by atoms with Crippen molar-refractivity contribution in [1.29, 1.82) is 0 Å². The number of carbonyl (C=O) groups excluding carboxylic acids is 2. The average molecular weight is 286 g/mol. The third-order valence-electron chi connectivity index (χ3n) is 4.88. The summed E-state index contributed by atoms with van der Waals surface area (Å²) in [5.74, 6) is 0.200. The third-order valence-corrected chi connectivity index (χ3v) is 4.88. The molecule has 2 saturated heterocycles. The van der Waals surface area contributed by atoms with E-state index in [1.54, 1.807) is 6.92 Å². The molecule has 21 heavy (non-hydrogen) atoms. The van der Waals surface area contributed by atoms with Gasteiger partial charge in [-0.05, 0) is 31.7 Å². The third kappa shape index (κ3) is 2.43. The van der Waals surface area contributed by atoms with Crippen LogP contribution in [0, 0.1) is 0 Å². The van der Waals surface area contributed by atoms with E-state index in [-0.39, 0.29) is 29.4 Å². The molecule has 2 aliphatic heterocycles. The molecule has 4 nitrogen and oxygen atoms in total. The standard InChI is InChI=1S/C17H22N2O2/c1-12(20)19-14(13-7-4-3-5-8-13)11-17(2)15(19)9-6-10-16(21)18-17/h3-5,7-8,14-15H,6,9-11H2,1-2H3,(H,18,21)/t14-,15-,17-/m0/s1. The highest BCUT2D eigenvalue weighted by atomic mass is 16.2. The maximum atomic E-state index is 12.2. The molecule has 2 aliphatic rings. The Kier molecular flexibility index (Phi) is 3.47. The van der Waals surface area contributed by atoms with E-state index in [0.29, 0.717) is 6.42 Å². The largest absolute Gasteiger partial charge is 0.349 e. The molecule has 0 saturated carbocycles. The van der Waals surface area contributed by atoms with Crippen molar-refractivity contribution in [3.8, 4) is 0 Å². The van der Waals surface area contributed by atoms with Gasteiger partial charge in [-0.3, -0.25) is 9.59 Å². The van der Waals surface area contributed by atoms with Crippen LogP contribution in [0.5, 0.6) is 0 Å². The molecule has 2 amide bonds. The second kappa shape index (κ2) is 5.17. The lowest BCUT2D eigenvalue weighted by molar-refractivity contribution is -0.132. The molecular formula is C17H22N2O2. The highest BCUT2D eigenvalue weighted by molar-refractivity contribution is 5.79. The Morgan fingerprint density at radius 3 is 2.71 bits per heavy atom. The van der Waals surface area contributed by atoms with Crippen molar-refractivity contribution >= 4 is 11.8 Å². The number of benzene rings is 1. The first-order valence-corrected chi connectivity index (χ1v) is 7.66. The number of likely N-dealkylation sites (tertiary alicyclic amines) is 1. The minimum Gasteiger partial charge on any atom is -0.349 e. The molecule has 0 unspecified atom stereocenters. The van der Waals surface area contributed by atoms with Gasteiger partial charge in [0.05, 0.1) is 17.6 Å². The van der Waals surface area contributed by atoms with Crippen LogP contribution in [-0.2, 0) is 9.59 Å². The summed E-state index contributed by atoms with van der Waals surface area (Å²) < 4.78 is 0. The number of nitrogens with one attached hydrogen (secondary N) is 1. The number of hydrogen-bond acceptors (Lipinski definition) is 2. The highest BCUT2D eigenvalue weighted by Gasteiger charge is 2.52. The van der Waals surface area contributed by atoms with Gasteiger partial charge in [0.15, 0.2) is 0 Å². The summed E-state index contributed by atoms with van der Waals surface area (Å²) in [4.78, 5) is 26.2. The quantitative estimate of drug-likeness (QED) is 0.862. The molecule has 1 N–H and O–H groups in total. The van der Waals surface area contributed by atoms with Crippen molar-refractivity contribution in [3.05, 3.63) is 35.9 Å². The maximum absolute atomic E-state index is 12.2. The Balaban J connectivity index is 2.00. The lowest BCUT2D eigenvalue weighted by Gasteiger charge is -2.34. The minimum atomic E-state index is -0.320. The normalized spacial score (nSPS) is 32.3. The Morgan fingerprint density at radius 2 is 2.05 bits per heavy atom. The summed E-state index contributed by atoms with van der Waals surface area (Å²) in [5.41, 5.74) is 0.830. The van der Waals surface area contributed by atoms with E-state index in [0.717, 1.165) is 24.8 Å². The molecule has 2 heterocycles. The van der Waals surface area contributed by atoms with Gasteiger partial charge in [0.25, 0.3) is 0 Å². The van der Waals surface area contributed by atoms with Crippen molar-refractivity contribution in [2.45, 2.75) is 57.2 Å². The van der Waals surface area contributed by atoms with Gasteiger partial charge in [-0.15, -0.1) is 0 Å². The fraction of sp³-hybridized carbons (Fsp3) is 0.529. The molecule has 1 aromatic rings. The van der Waals surface area contributed by atoms with Crippen LogP contribution in [0.4, 0.5) is 0 Å². The topological polar surface area (TPSA) is 49.4 Å². The zero-order chi connectivity index (χ0) is 15.0. The van der Waals surface area contributed by atoms with Crippen LogP contribution in [0.3, 0.4) is 0 Å². The van der Waals surface area contributed by atoms with Gasteiger partial charge >= 0.3 is 0 Å². The SMILES string of the molecule is CC(=O)N1[C@H]2CCCC(=O)N[C@@]2(C)C[C@H]1c1ccccc1. The molecular weight excluding hydrogens is 264 g/mol. The van der Waals surface area contributed by atoms with Gasteiger partial charge in [-0.1, -0.05) is 30.3 Å². The monoisotopic (exact) mass is 286 g/mol. The first-order chi connectivity index (χ1) is 10.0. The van der Waals surface area contributed by atoms with Crippen molar-refractivity contribution in [2.24, 2.45) is 0 Å². The molecule has 3 atom stereocenters. The lowest BCUT2D eigenvalue weighted by Crippen LogP contribution is -2.53. The fourth-order valence-corrected chi connectivity index (χ4v) is 3.98. The van der Waals surface area contributed by atoms with Gasteiger partial charge in [0.1, 0.15) is 0 Å². The maximum Gasteiger partial charge on any atom is 0.220 e. The van der Waals surface area contributed by atoms with Crippen LogP contribution >= 0.6 is 0 Å². The van der Waals surface area contributed by atoms with Gasteiger partial charge in [-0.2, -0.15) is 0 Å². The van der Waals surface area contributed by atoms with Crippen LogP contribution in [0.1, 0.15) is 51.1 Å². The number of carbonyl (C=O) groups is 2. The van der Waals surface area contributed by atoms with Gasteiger partial charge in [-0.25, -0.2) is 0 Å². The molecule has 2 fully saturated rings. The Labute approximate surface area is 125 Å². The Morgan fingerprint density at radius 1 is 1.33 bits per heavy atom. The van der Waals surface area contributed by atoms with E-state index in [1.807, 2.05) is 23.1 Å². The van der Waals surface area contributed by atoms with E-state index in [1.165, 1.54) is 0 Å². The fourth-order valence-electron chi connectivity index (χ4n) is 3.98. The van der Waals surface area contributed by atoms with Crippen LogP contribution < -0.4 is 5.32 Å². The Bertz CT molecular complexity index is 557. The van der Waals surface area contributed by atoms with E-state index >= 15 is 0 Å². The van der Waals surface area contributed by atoms with E-state index < -0.39 is 0 Å². The summed E-state index contributed by atoms with van der Waals surface area (Å²) >= 11 is 0. The first kappa shape index (κ1) is 14.1. The predicted octanol–water partition coefficient (Wildman–Crippen LogP) is 2.41. The molecule has 0 radical (unpaired) electrons. The van der Waals surface area contributed by atoms with E-state index in [4.69, 9.17) is 0 Å². The summed E-state index contributed by atoms with van der Waals surface area (Å²) in [6.45, 7) is 3.72. The molecule has 1 aromatic carbocycles. The zero-order valence-corrected chi connectivity index (χ0v) is 12.6. The van der Waals surface area contributed by atoms with E-state index in [9.17, 15) is 9.59 Å². The van der Waals surface area contributed by atoms with Crippen LogP contribution in [0.2, 0.25) is 0 Å². The van der Waals surface area contributed by atoms with E-state index in [2.05, 4.69) is 24.4 Å². The van der Waals surface area contributed by atoms with Crippen molar-refractivity contribution in [1.82, 2.24) is 10.2 Å². The number of amides is 2. The smallest absolute Gasteiger partial charge is 0.220 e. The second-order valence-corrected chi connectivity index (χ2v) is 6.43. The zero-order valence-electron chi connectivity index (χ0n) is 12.6. The summed E-state index contributed by atoms with van der Waals surface area (Å²) in [6, 6.07) is 10.3. The summed E-state index contributed by atoms with van der Waals surface area (Å²) in [7, 11) is 0. The molecule has 3 rings (SSSR count). The Hall–Kier alpha value is -1.84. The molecule has 0 spiro atoms. The minimum absolute atomic E-state index is 0.0529. The van der Waals surface area contributed by atoms with Crippen molar-refractivity contribution < 1.29 is 9.59 Å². The van der Waals surface area contributed by atoms with Crippen molar-refractivity contribution in [3.63, 3.8) is 0 Å². The number of rotatable bonds is 1. The molecule has 0 aliphatic carbocycles. The number of hydrogen-bond donors (Lipinski definition) is 1. The summed E-state index contributed by atoms with van der Waals surface area (Å²) in [5, 5.41) is 3.17. The molecule has 4 heteroatoms. The number of fused-ring (bicyclic) bond motifs is 1. The van der Waals surface area contributed by atoms with Gasteiger partial charge in [0, 0.05) is 13.3 Å². The van der Waals surface area contributed by atoms with Crippen LogP contribution in [-0.4, -0.2) is 28.3 Å². The first-order valence-electron chi connectivity index (χ1n) is 7.66. The average Bonchev–Trinajstić information content (AvgIpc) is 2.64. The summed E-state index contributed by atoms with van der Waals surface area (Å²) in [6.07, 6.45) is 3.08. The highest BCUT2D eigenvalue weighted by Crippen LogP contribution is 2.45. The van der Waals surface area contributed by atoms with Crippen LogP contribution in [0.15, 0.2) is 30.3 Å². The second-order valence-electron chi connectivity index (χ2n) is 6.43. The van der Waals surface area contributed by atoms with Gasteiger partial charge in [0.2, 0.25) is 11.8 Å². The van der Waals surface area contributed by atoms with Crippen molar-refractivity contribution in [2.75, 3.05) is 0 Å². The van der Waals surface area contributed by atoms with Crippen LogP contribution in [0.25, 0.3) is 0 Å². The molecule has 112 valence electrons. The predicted molar refractivity (Wildman–Crippen MR) is 80.5 cm³/mol. The van der Waals surface area contributed by atoms with Gasteiger partial charge < -0.3 is 10.2 Å². The number of nitrogens with zero attached hydrogens (tertiary/aromatic N) is 1. The molecule has 0 aromatic heterocycles. The lowest BCUT2D eigenvalue weighted by atomic mass is 9.88. The molecule has 0 bridgehead atoms.